The Balaban J connectivity index is 1.80. The number of nitrogens with zero attached hydrogens (tertiary/aromatic N) is 5. The molecule has 3 heterocycles. The van der Waals surface area contributed by atoms with E-state index in [4.69, 9.17) is 0 Å². The number of likely N-dealkylation sites (tertiary alicyclic amines) is 1. The summed E-state index contributed by atoms with van der Waals surface area (Å²) >= 11 is 0. The van der Waals surface area contributed by atoms with Crippen LogP contribution in [0.3, 0.4) is 0 Å². The van der Waals surface area contributed by atoms with E-state index in [1.54, 1.807) is 23.9 Å². The molecule has 1 aliphatic heterocycles. The first-order valence-electron chi connectivity index (χ1n) is 9.43. The van der Waals surface area contributed by atoms with E-state index in [1.165, 1.54) is 4.68 Å². The number of piperidine rings is 1. The van der Waals surface area contributed by atoms with Gasteiger partial charge in [-0.2, -0.15) is 5.10 Å². The van der Waals surface area contributed by atoms with Crippen LogP contribution >= 0.6 is 0 Å². The van der Waals surface area contributed by atoms with E-state index in [-0.39, 0.29) is 17.5 Å². The monoisotopic (exact) mass is 357 g/mol. The van der Waals surface area contributed by atoms with E-state index in [0.29, 0.717) is 18.7 Å². The molecule has 1 aliphatic rings. The average molecular weight is 357 g/mol. The predicted molar refractivity (Wildman–Crippen MR) is 99.3 cm³/mol. The minimum atomic E-state index is -0.0932. The van der Waals surface area contributed by atoms with Gasteiger partial charge in [0.1, 0.15) is 5.82 Å². The predicted octanol–water partition coefficient (Wildman–Crippen LogP) is 1.97. The van der Waals surface area contributed by atoms with Crippen molar-refractivity contribution in [3.63, 3.8) is 0 Å². The highest BCUT2D eigenvalue weighted by Gasteiger charge is 2.29. The van der Waals surface area contributed by atoms with Crippen molar-refractivity contribution in [3.05, 3.63) is 45.9 Å². The molecule has 140 valence electrons. The van der Waals surface area contributed by atoms with Gasteiger partial charge in [0, 0.05) is 50.1 Å². The lowest BCUT2D eigenvalue weighted by Crippen LogP contribution is -2.40. The summed E-state index contributed by atoms with van der Waals surface area (Å²) in [5.74, 6) is 0.924. The normalized spacial score (nSPS) is 17.5. The standard InChI is InChI=1S/C19H27N5O2/c1-4-7-16-12-14(9-10-20-16)18(25)23-11-6-8-15(13-23)17-21-22(3)19(26)24(17)5-2/h9-10,12,15H,4-8,11,13H2,1-3H3. The lowest BCUT2D eigenvalue weighted by molar-refractivity contribution is 0.0703. The van der Waals surface area contributed by atoms with Gasteiger partial charge < -0.3 is 4.90 Å². The van der Waals surface area contributed by atoms with Crippen molar-refractivity contribution in [2.75, 3.05) is 13.1 Å². The number of rotatable bonds is 5. The van der Waals surface area contributed by atoms with Crippen LogP contribution in [0.25, 0.3) is 0 Å². The lowest BCUT2D eigenvalue weighted by atomic mass is 9.96. The third kappa shape index (κ3) is 3.57. The molecule has 1 unspecified atom stereocenters. The first kappa shape index (κ1) is 18.4. The minimum absolute atomic E-state index is 0.0378. The summed E-state index contributed by atoms with van der Waals surface area (Å²) in [5.41, 5.74) is 1.55. The summed E-state index contributed by atoms with van der Waals surface area (Å²) in [6, 6.07) is 3.69. The molecule has 0 spiro atoms. The Hall–Kier alpha value is -2.44. The Kier molecular flexibility index (Phi) is 5.54. The molecule has 7 nitrogen and oxygen atoms in total. The Morgan fingerprint density at radius 2 is 2.15 bits per heavy atom. The zero-order valence-corrected chi connectivity index (χ0v) is 15.8. The minimum Gasteiger partial charge on any atom is -0.338 e. The van der Waals surface area contributed by atoms with Gasteiger partial charge in [-0.1, -0.05) is 13.3 Å². The number of aromatic nitrogens is 4. The first-order valence-corrected chi connectivity index (χ1v) is 9.43. The molecule has 0 aliphatic carbocycles. The number of carbonyl (C=O) groups excluding carboxylic acids is 1. The van der Waals surface area contributed by atoms with Crippen LogP contribution in [0, 0.1) is 0 Å². The van der Waals surface area contributed by atoms with Crippen LogP contribution in [-0.4, -0.2) is 43.2 Å². The summed E-state index contributed by atoms with van der Waals surface area (Å²) in [5, 5.41) is 4.43. The van der Waals surface area contributed by atoms with Gasteiger partial charge in [0.15, 0.2) is 0 Å². The van der Waals surface area contributed by atoms with Crippen LogP contribution in [0.2, 0.25) is 0 Å². The highest BCUT2D eigenvalue weighted by atomic mass is 16.2. The summed E-state index contributed by atoms with van der Waals surface area (Å²) in [4.78, 5) is 31.4. The largest absolute Gasteiger partial charge is 0.345 e. The molecule has 0 saturated carbocycles. The molecule has 0 radical (unpaired) electrons. The Bertz CT molecular complexity index is 839. The van der Waals surface area contributed by atoms with Gasteiger partial charge in [-0.3, -0.25) is 14.3 Å². The summed E-state index contributed by atoms with van der Waals surface area (Å²) in [6.07, 6.45) is 5.45. The fourth-order valence-electron chi connectivity index (χ4n) is 3.68. The fourth-order valence-corrected chi connectivity index (χ4v) is 3.68. The van der Waals surface area contributed by atoms with Gasteiger partial charge in [0.05, 0.1) is 0 Å². The quantitative estimate of drug-likeness (QED) is 0.820. The molecule has 2 aromatic rings. The van der Waals surface area contributed by atoms with Gasteiger partial charge in [-0.25, -0.2) is 9.48 Å². The number of hydrogen-bond donors (Lipinski definition) is 0. The van der Waals surface area contributed by atoms with Gasteiger partial charge in [0.2, 0.25) is 0 Å². The number of aryl methyl sites for hydroxylation is 2. The second-order valence-corrected chi connectivity index (χ2v) is 6.88. The molecule has 1 amide bonds. The smallest absolute Gasteiger partial charge is 0.338 e. The van der Waals surface area contributed by atoms with Crippen molar-refractivity contribution in [3.8, 4) is 0 Å². The number of carbonyl (C=O) groups is 1. The third-order valence-electron chi connectivity index (χ3n) is 5.00. The molecule has 0 N–H and O–H groups in total. The van der Waals surface area contributed by atoms with Gasteiger partial charge in [-0.15, -0.1) is 0 Å². The number of pyridine rings is 1. The van der Waals surface area contributed by atoms with Crippen molar-refractivity contribution >= 4 is 5.91 Å². The topological polar surface area (TPSA) is 73.0 Å². The van der Waals surface area contributed by atoms with E-state index in [9.17, 15) is 9.59 Å². The van der Waals surface area contributed by atoms with Crippen LogP contribution in [0.5, 0.6) is 0 Å². The van der Waals surface area contributed by atoms with Gasteiger partial charge in [-0.05, 0) is 38.3 Å². The van der Waals surface area contributed by atoms with Crippen molar-refractivity contribution < 1.29 is 4.79 Å². The van der Waals surface area contributed by atoms with Crippen LogP contribution in [0.15, 0.2) is 23.1 Å². The molecule has 7 heteroatoms. The Morgan fingerprint density at radius 3 is 2.88 bits per heavy atom. The Labute approximate surface area is 153 Å². The molecule has 1 saturated heterocycles. The lowest BCUT2D eigenvalue weighted by Gasteiger charge is -2.32. The maximum absolute atomic E-state index is 13.0. The maximum Gasteiger partial charge on any atom is 0.345 e. The highest BCUT2D eigenvalue weighted by Crippen LogP contribution is 2.26. The van der Waals surface area contributed by atoms with Gasteiger partial charge >= 0.3 is 5.69 Å². The second kappa shape index (κ2) is 7.85. The van der Waals surface area contributed by atoms with E-state index in [0.717, 1.165) is 43.7 Å². The third-order valence-corrected chi connectivity index (χ3v) is 5.00. The van der Waals surface area contributed by atoms with Crippen LogP contribution in [-0.2, 0) is 20.0 Å². The molecule has 3 rings (SSSR count). The number of hydrogen-bond acceptors (Lipinski definition) is 4. The van der Waals surface area contributed by atoms with Crippen LogP contribution in [0.1, 0.15) is 60.9 Å². The van der Waals surface area contributed by atoms with Gasteiger partial charge in [0.25, 0.3) is 5.91 Å². The summed E-state index contributed by atoms with van der Waals surface area (Å²) in [7, 11) is 1.68. The Morgan fingerprint density at radius 1 is 1.35 bits per heavy atom. The van der Waals surface area contributed by atoms with Crippen molar-refractivity contribution in [1.82, 2.24) is 24.2 Å². The van der Waals surface area contributed by atoms with Crippen molar-refractivity contribution in [2.45, 2.75) is 52.0 Å². The van der Waals surface area contributed by atoms with E-state index in [2.05, 4.69) is 17.0 Å². The fraction of sp³-hybridized carbons (Fsp3) is 0.579. The molecule has 2 aromatic heterocycles. The molecule has 1 fully saturated rings. The molecule has 0 bridgehead atoms. The second-order valence-electron chi connectivity index (χ2n) is 6.88. The molecule has 1 atom stereocenters. The first-order chi connectivity index (χ1) is 12.5. The zero-order chi connectivity index (χ0) is 18.7. The van der Waals surface area contributed by atoms with Crippen LogP contribution < -0.4 is 5.69 Å². The molecular weight excluding hydrogens is 330 g/mol. The molecule has 26 heavy (non-hydrogen) atoms. The molecule has 0 aromatic carbocycles. The van der Waals surface area contributed by atoms with Crippen molar-refractivity contribution in [1.29, 1.82) is 0 Å². The maximum atomic E-state index is 13.0. The number of amides is 1. The zero-order valence-electron chi connectivity index (χ0n) is 15.8. The highest BCUT2D eigenvalue weighted by molar-refractivity contribution is 5.94. The average Bonchev–Trinajstić information content (AvgIpc) is 2.96. The van der Waals surface area contributed by atoms with Crippen LogP contribution in [0.4, 0.5) is 0 Å². The van der Waals surface area contributed by atoms with Crippen molar-refractivity contribution in [2.24, 2.45) is 7.05 Å². The van der Waals surface area contributed by atoms with E-state index >= 15 is 0 Å². The van der Waals surface area contributed by atoms with E-state index in [1.807, 2.05) is 17.9 Å². The summed E-state index contributed by atoms with van der Waals surface area (Å²) < 4.78 is 3.10. The van der Waals surface area contributed by atoms with E-state index < -0.39 is 0 Å². The summed E-state index contributed by atoms with van der Waals surface area (Å²) in [6.45, 7) is 5.98. The SMILES string of the molecule is CCCc1cc(C(=O)N2CCCC(c3nn(C)c(=O)n3CC)C2)ccn1. The molecular formula is C19H27N5O2.